The summed E-state index contributed by atoms with van der Waals surface area (Å²) < 4.78 is 0. The smallest absolute Gasteiger partial charge is 0.0739 e. The van der Waals surface area contributed by atoms with Crippen molar-refractivity contribution in [1.82, 2.24) is 0 Å². The van der Waals surface area contributed by atoms with Gasteiger partial charge in [-0.25, -0.2) is 0 Å². The second kappa shape index (κ2) is 4.61. The first kappa shape index (κ1) is 14.7. The molecule has 0 fully saturated rings. The van der Waals surface area contributed by atoms with Gasteiger partial charge in [-0.1, -0.05) is 109 Å². The van der Waals surface area contributed by atoms with Crippen LogP contribution < -0.4 is 21.3 Å². The maximum absolute atomic E-state index is 2.51. The van der Waals surface area contributed by atoms with E-state index < -0.39 is 8.07 Å². The van der Waals surface area contributed by atoms with Crippen molar-refractivity contribution in [2.75, 3.05) is 0 Å². The minimum Gasteiger partial charge on any atom is -0.0739 e. The van der Waals surface area contributed by atoms with Crippen LogP contribution in [0.2, 0.25) is 18.4 Å². The minimum absolute atomic E-state index is 0.240. The summed E-state index contributed by atoms with van der Waals surface area (Å²) >= 11 is 0. The van der Waals surface area contributed by atoms with Gasteiger partial charge in [0.25, 0.3) is 0 Å². The molecular formula is C19H25BSi. The molecule has 0 amide bonds. The summed E-state index contributed by atoms with van der Waals surface area (Å²) in [7, 11) is -1.60. The van der Waals surface area contributed by atoms with Crippen molar-refractivity contribution in [3.63, 3.8) is 0 Å². The van der Waals surface area contributed by atoms with E-state index in [2.05, 4.69) is 83.3 Å². The van der Waals surface area contributed by atoms with Crippen molar-refractivity contribution >= 4 is 36.1 Å². The molecule has 3 rings (SSSR count). The lowest BCUT2D eigenvalue weighted by molar-refractivity contribution is 0.750. The molecule has 0 atom stereocenters. The zero-order valence-electron chi connectivity index (χ0n) is 14.1. The first-order valence-corrected chi connectivity index (χ1v) is 10.9. The van der Waals surface area contributed by atoms with Crippen molar-refractivity contribution in [3.05, 3.63) is 48.0 Å². The van der Waals surface area contributed by atoms with E-state index in [0.29, 0.717) is 6.71 Å². The second-order valence-corrected chi connectivity index (χ2v) is 12.3. The summed E-state index contributed by atoms with van der Waals surface area (Å²) in [4.78, 5) is 0. The van der Waals surface area contributed by atoms with Gasteiger partial charge in [0.05, 0.1) is 0 Å². The van der Waals surface area contributed by atoms with Gasteiger partial charge in [-0.3, -0.25) is 0 Å². The normalized spacial score (nSPS) is 16.4. The number of aryl methyl sites for hydroxylation is 1. The molecule has 0 bridgehead atoms. The predicted molar refractivity (Wildman–Crippen MR) is 99.1 cm³/mol. The van der Waals surface area contributed by atoms with Crippen LogP contribution in [0.1, 0.15) is 26.3 Å². The highest BCUT2D eigenvalue weighted by Crippen LogP contribution is 2.28. The van der Waals surface area contributed by atoms with Crippen LogP contribution in [0.25, 0.3) is 0 Å². The molecule has 0 saturated carbocycles. The molecule has 0 nitrogen and oxygen atoms in total. The van der Waals surface area contributed by atoms with Gasteiger partial charge in [0, 0.05) is 0 Å². The fourth-order valence-corrected chi connectivity index (χ4v) is 8.09. The molecule has 1 heterocycles. The zero-order valence-corrected chi connectivity index (χ0v) is 15.1. The predicted octanol–water partition coefficient (Wildman–Crippen LogP) is 2.54. The van der Waals surface area contributed by atoms with Gasteiger partial charge in [0.1, 0.15) is 8.07 Å². The van der Waals surface area contributed by atoms with Crippen LogP contribution in [0.5, 0.6) is 0 Å². The van der Waals surface area contributed by atoms with Crippen molar-refractivity contribution in [1.29, 1.82) is 0 Å². The summed E-state index contributed by atoms with van der Waals surface area (Å²) in [5, 5.41) is 3.54. The molecule has 0 N–H and O–H groups in total. The van der Waals surface area contributed by atoms with Gasteiger partial charge in [0.15, 0.2) is 0 Å². The van der Waals surface area contributed by atoms with Crippen molar-refractivity contribution in [2.45, 2.75) is 46.1 Å². The van der Waals surface area contributed by atoms with Gasteiger partial charge in [-0.15, -0.1) is 0 Å². The lowest BCUT2D eigenvalue weighted by Gasteiger charge is -2.42. The monoisotopic (exact) mass is 292 g/mol. The van der Waals surface area contributed by atoms with Gasteiger partial charge in [-0.05, 0) is 6.92 Å². The van der Waals surface area contributed by atoms with Crippen molar-refractivity contribution < 1.29 is 0 Å². The Kier molecular flexibility index (Phi) is 3.21. The van der Waals surface area contributed by atoms with E-state index in [1.807, 2.05) is 0 Å². The molecule has 0 saturated heterocycles. The number of hydrogen-bond acceptors (Lipinski definition) is 0. The SMILES string of the molecule is Cc1cccc2c1[Si](C)(C)c1ccccc1B2C(C)(C)C. The van der Waals surface area contributed by atoms with Crippen LogP contribution in [0, 0.1) is 6.92 Å². The van der Waals surface area contributed by atoms with E-state index in [9.17, 15) is 0 Å². The highest BCUT2D eigenvalue weighted by atomic mass is 28.3. The maximum atomic E-state index is 2.51. The number of benzene rings is 2. The highest BCUT2D eigenvalue weighted by molar-refractivity contribution is 7.11. The molecule has 0 radical (unpaired) electrons. The number of rotatable bonds is 0. The van der Waals surface area contributed by atoms with Crippen LogP contribution >= 0.6 is 0 Å². The molecule has 2 heteroatoms. The molecule has 108 valence electrons. The molecule has 0 aromatic heterocycles. The van der Waals surface area contributed by atoms with Crippen molar-refractivity contribution in [3.8, 4) is 0 Å². The Morgan fingerprint density at radius 1 is 0.857 bits per heavy atom. The Morgan fingerprint density at radius 2 is 1.48 bits per heavy atom. The Morgan fingerprint density at radius 3 is 2.14 bits per heavy atom. The van der Waals surface area contributed by atoms with E-state index >= 15 is 0 Å². The Hall–Kier alpha value is -1.28. The lowest BCUT2D eigenvalue weighted by atomic mass is 9.28. The Labute approximate surface area is 130 Å². The Bertz CT molecular complexity index is 695. The lowest BCUT2D eigenvalue weighted by Crippen LogP contribution is -2.75. The molecule has 2 aromatic rings. The van der Waals surface area contributed by atoms with E-state index in [0.717, 1.165) is 0 Å². The summed E-state index contributed by atoms with van der Waals surface area (Å²) in [5.41, 5.74) is 4.63. The third-order valence-electron chi connectivity index (χ3n) is 5.05. The average molecular weight is 292 g/mol. The van der Waals surface area contributed by atoms with Gasteiger partial charge >= 0.3 is 0 Å². The van der Waals surface area contributed by atoms with Crippen LogP contribution in [-0.2, 0) is 0 Å². The largest absolute Gasteiger partial charge is 0.214 e. The molecule has 1 aliphatic rings. The molecule has 2 aromatic carbocycles. The fraction of sp³-hybridized carbons (Fsp3) is 0.368. The average Bonchev–Trinajstić information content (AvgIpc) is 2.37. The Balaban J connectivity index is 2.41. The van der Waals surface area contributed by atoms with E-state index in [1.54, 1.807) is 21.3 Å². The fourth-order valence-electron chi connectivity index (χ4n) is 4.34. The summed E-state index contributed by atoms with van der Waals surface area (Å²) in [6, 6.07) is 16.1. The standard InChI is InChI=1S/C19H25BSi/c1-14-10-9-12-16-18(14)21(5,6)17-13-8-7-11-15(17)20(16)19(2,3)4/h7-13H,1-6H3. The summed E-state index contributed by atoms with van der Waals surface area (Å²) in [6.45, 7) is 14.9. The highest BCUT2D eigenvalue weighted by Gasteiger charge is 2.45. The minimum atomic E-state index is -1.60. The number of hydrogen-bond donors (Lipinski definition) is 0. The topological polar surface area (TPSA) is 0 Å². The van der Waals surface area contributed by atoms with E-state index in [1.165, 1.54) is 5.56 Å². The number of fused-ring (bicyclic) bond motifs is 2. The quantitative estimate of drug-likeness (QED) is 0.655. The van der Waals surface area contributed by atoms with Gasteiger partial charge in [-0.2, -0.15) is 0 Å². The molecule has 0 spiro atoms. The second-order valence-electron chi connectivity index (χ2n) is 8.05. The molecule has 0 aliphatic carbocycles. The van der Waals surface area contributed by atoms with Crippen LogP contribution in [0.3, 0.4) is 0 Å². The molecular weight excluding hydrogens is 267 g/mol. The van der Waals surface area contributed by atoms with Crippen LogP contribution in [0.15, 0.2) is 42.5 Å². The van der Waals surface area contributed by atoms with Crippen molar-refractivity contribution in [2.24, 2.45) is 0 Å². The zero-order chi connectivity index (χ0) is 15.4. The van der Waals surface area contributed by atoms with Crippen LogP contribution in [0.4, 0.5) is 0 Å². The third-order valence-corrected chi connectivity index (χ3v) is 8.79. The molecule has 1 aliphatic heterocycles. The first-order valence-electron chi connectivity index (χ1n) is 7.94. The van der Waals surface area contributed by atoms with E-state index in [4.69, 9.17) is 0 Å². The van der Waals surface area contributed by atoms with Gasteiger partial charge in [0.2, 0.25) is 6.71 Å². The summed E-state index contributed by atoms with van der Waals surface area (Å²) in [5.74, 6) is 0. The molecule has 0 unspecified atom stereocenters. The molecule has 21 heavy (non-hydrogen) atoms. The first-order chi connectivity index (χ1) is 9.74. The van der Waals surface area contributed by atoms with Gasteiger partial charge < -0.3 is 0 Å². The maximum Gasteiger partial charge on any atom is 0.214 e. The van der Waals surface area contributed by atoms with E-state index in [-0.39, 0.29) is 5.31 Å². The van der Waals surface area contributed by atoms with Crippen LogP contribution in [-0.4, -0.2) is 14.8 Å². The summed E-state index contributed by atoms with van der Waals surface area (Å²) in [6.07, 6.45) is 0. The third kappa shape index (κ3) is 2.12.